The number of aryl methyl sites for hydroxylation is 2. The molecule has 0 aromatic carbocycles. The van der Waals surface area contributed by atoms with Crippen LogP contribution in [0.25, 0.3) is 0 Å². The van der Waals surface area contributed by atoms with E-state index in [1.807, 2.05) is 0 Å². The summed E-state index contributed by atoms with van der Waals surface area (Å²) in [4.78, 5) is 7.17. The van der Waals surface area contributed by atoms with Crippen LogP contribution >= 0.6 is 0 Å². The molecule has 0 aliphatic heterocycles. The molecule has 2 heteroatoms. The number of fused-ring (bicyclic) bond motifs is 1. The predicted octanol–water partition coefficient (Wildman–Crippen LogP) is 2.97. The summed E-state index contributed by atoms with van der Waals surface area (Å²) in [5.74, 6) is 0. The number of aromatic nitrogens is 1. The van der Waals surface area contributed by atoms with Crippen LogP contribution in [0, 0.1) is 0 Å². The van der Waals surface area contributed by atoms with Crippen molar-refractivity contribution < 1.29 is 0 Å². The van der Waals surface area contributed by atoms with Crippen molar-refractivity contribution in [3.05, 3.63) is 29.1 Å². The third-order valence-corrected chi connectivity index (χ3v) is 3.44. The topological polar surface area (TPSA) is 16.1 Å². The van der Waals surface area contributed by atoms with Crippen LogP contribution in [0.3, 0.4) is 0 Å². The lowest BCUT2D eigenvalue weighted by molar-refractivity contribution is 0.262. The van der Waals surface area contributed by atoms with E-state index in [9.17, 15) is 0 Å². The van der Waals surface area contributed by atoms with Crippen molar-refractivity contribution >= 4 is 0 Å². The second kappa shape index (κ2) is 4.96. The molecule has 1 aliphatic rings. The first-order valence-corrected chi connectivity index (χ1v) is 6.37. The normalized spacial score (nSPS) is 19.9. The third-order valence-electron chi connectivity index (χ3n) is 3.44. The fraction of sp³-hybridized carbons (Fsp3) is 0.643. The number of hydrogen-bond acceptors (Lipinski definition) is 2. The Kier molecular flexibility index (Phi) is 3.59. The maximum Gasteiger partial charge on any atom is 0.0610 e. The second-order valence-corrected chi connectivity index (χ2v) is 4.97. The van der Waals surface area contributed by atoms with Gasteiger partial charge in [0.15, 0.2) is 0 Å². The van der Waals surface area contributed by atoms with Gasteiger partial charge in [-0.05, 0) is 51.4 Å². The van der Waals surface area contributed by atoms with Crippen molar-refractivity contribution in [2.24, 2.45) is 0 Å². The maximum absolute atomic E-state index is 4.86. The summed E-state index contributed by atoms with van der Waals surface area (Å²) in [7, 11) is 4.32. The van der Waals surface area contributed by atoms with Gasteiger partial charge in [-0.1, -0.05) is 19.4 Å². The van der Waals surface area contributed by atoms with Crippen LogP contribution in [0.5, 0.6) is 0 Å². The Morgan fingerprint density at radius 2 is 2.19 bits per heavy atom. The molecule has 0 saturated heterocycles. The molecule has 2 nitrogen and oxygen atoms in total. The fourth-order valence-electron chi connectivity index (χ4n) is 2.57. The summed E-state index contributed by atoms with van der Waals surface area (Å²) in [5.41, 5.74) is 4.06. The summed E-state index contributed by atoms with van der Waals surface area (Å²) in [6.07, 6.45) is 6.04. The molecule has 0 radical (unpaired) electrons. The summed E-state index contributed by atoms with van der Waals surface area (Å²) in [6, 6.07) is 5.03. The second-order valence-electron chi connectivity index (χ2n) is 4.97. The van der Waals surface area contributed by atoms with Crippen LogP contribution in [-0.4, -0.2) is 24.0 Å². The van der Waals surface area contributed by atoms with Crippen LogP contribution in [0.4, 0.5) is 0 Å². The average Bonchev–Trinajstić information content (AvgIpc) is 2.28. The third kappa shape index (κ3) is 2.27. The van der Waals surface area contributed by atoms with Gasteiger partial charge in [-0.3, -0.25) is 4.98 Å². The minimum atomic E-state index is 0.528. The van der Waals surface area contributed by atoms with E-state index in [-0.39, 0.29) is 0 Å². The predicted molar refractivity (Wildman–Crippen MR) is 67.6 cm³/mol. The highest BCUT2D eigenvalue weighted by molar-refractivity contribution is 5.28. The van der Waals surface area contributed by atoms with Gasteiger partial charge in [0.1, 0.15) is 0 Å². The molecule has 1 aromatic rings. The number of hydrogen-bond donors (Lipinski definition) is 0. The molecule has 88 valence electrons. The summed E-state index contributed by atoms with van der Waals surface area (Å²) in [5, 5.41) is 0. The molecule has 1 atom stereocenters. The van der Waals surface area contributed by atoms with Crippen LogP contribution in [0.15, 0.2) is 12.1 Å². The zero-order valence-corrected chi connectivity index (χ0v) is 10.7. The number of pyridine rings is 1. The van der Waals surface area contributed by atoms with Gasteiger partial charge in [-0.15, -0.1) is 0 Å². The van der Waals surface area contributed by atoms with E-state index < -0.39 is 0 Å². The first-order valence-electron chi connectivity index (χ1n) is 6.37. The Morgan fingerprint density at radius 3 is 2.88 bits per heavy atom. The Bertz CT molecular complexity index is 358. The van der Waals surface area contributed by atoms with Gasteiger partial charge >= 0.3 is 0 Å². The molecule has 0 spiro atoms. The van der Waals surface area contributed by atoms with E-state index in [1.54, 1.807) is 0 Å². The average molecular weight is 218 g/mol. The fourth-order valence-corrected chi connectivity index (χ4v) is 2.57. The Hall–Kier alpha value is -0.890. The SMILES string of the molecule is CCCc1ccc2c(n1)C(N(C)C)CCC2. The van der Waals surface area contributed by atoms with Crippen LogP contribution in [-0.2, 0) is 12.8 Å². The van der Waals surface area contributed by atoms with Crippen molar-refractivity contribution in [3.63, 3.8) is 0 Å². The molecule has 0 saturated carbocycles. The van der Waals surface area contributed by atoms with Gasteiger partial charge in [0, 0.05) is 5.69 Å². The molecule has 16 heavy (non-hydrogen) atoms. The largest absolute Gasteiger partial charge is 0.301 e. The van der Waals surface area contributed by atoms with E-state index >= 15 is 0 Å². The summed E-state index contributed by atoms with van der Waals surface area (Å²) in [6.45, 7) is 2.21. The zero-order valence-electron chi connectivity index (χ0n) is 10.7. The number of rotatable bonds is 3. The van der Waals surface area contributed by atoms with Gasteiger partial charge in [0.05, 0.1) is 11.7 Å². The van der Waals surface area contributed by atoms with Crippen molar-refractivity contribution in [1.29, 1.82) is 0 Å². The quantitative estimate of drug-likeness (QED) is 0.775. The van der Waals surface area contributed by atoms with E-state index in [4.69, 9.17) is 4.98 Å². The highest BCUT2D eigenvalue weighted by Gasteiger charge is 2.23. The molecule has 0 fully saturated rings. The first kappa shape index (κ1) is 11.6. The zero-order chi connectivity index (χ0) is 11.5. The lowest BCUT2D eigenvalue weighted by atomic mass is 9.91. The van der Waals surface area contributed by atoms with Crippen molar-refractivity contribution in [3.8, 4) is 0 Å². The molecule has 1 unspecified atom stereocenters. The number of nitrogens with zero attached hydrogens (tertiary/aromatic N) is 2. The van der Waals surface area contributed by atoms with Gasteiger partial charge in [0.2, 0.25) is 0 Å². The van der Waals surface area contributed by atoms with Crippen molar-refractivity contribution in [2.75, 3.05) is 14.1 Å². The molecular weight excluding hydrogens is 196 g/mol. The van der Waals surface area contributed by atoms with E-state index in [1.165, 1.54) is 42.6 Å². The minimum absolute atomic E-state index is 0.528. The Morgan fingerprint density at radius 1 is 1.38 bits per heavy atom. The molecular formula is C14H22N2. The van der Waals surface area contributed by atoms with Gasteiger partial charge < -0.3 is 4.90 Å². The maximum atomic E-state index is 4.86. The molecule has 1 heterocycles. The van der Waals surface area contributed by atoms with E-state index in [0.29, 0.717) is 6.04 Å². The Labute approximate surface area is 98.7 Å². The van der Waals surface area contributed by atoms with E-state index in [2.05, 4.69) is 38.1 Å². The van der Waals surface area contributed by atoms with Gasteiger partial charge in [-0.2, -0.15) is 0 Å². The van der Waals surface area contributed by atoms with Crippen LogP contribution in [0.1, 0.15) is 49.2 Å². The van der Waals surface area contributed by atoms with Crippen LogP contribution < -0.4 is 0 Å². The van der Waals surface area contributed by atoms with Gasteiger partial charge in [0.25, 0.3) is 0 Å². The minimum Gasteiger partial charge on any atom is -0.301 e. The standard InChI is InChI=1S/C14H22N2/c1-4-6-12-10-9-11-7-5-8-13(16(2)3)14(11)15-12/h9-10,13H,4-8H2,1-3H3. The lowest BCUT2D eigenvalue weighted by Gasteiger charge is -2.30. The van der Waals surface area contributed by atoms with Crippen molar-refractivity contribution in [2.45, 2.75) is 45.1 Å². The van der Waals surface area contributed by atoms with Crippen LogP contribution in [0.2, 0.25) is 0 Å². The molecule has 2 rings (SSSR count). The molecule has 1 aliphatic carbocycles. The highest BCUT2D eigenvalue weighted by atomic mass is 15.1. The highest BCUT2D eigenvalue weighted by Crippen LogP contribution is 2.31. The monoisotopic (exact) mass is 218 g/mol. The molecule has 0 bridgehead atoms. The Balaban J connectivity index is 2.32. The molecule has 1 aromatic heterocycles. The first-order chi connectivity index (χ1) is 7.72. The van der Waals surface area contributed by atoms with Crippen molar-refractivity contribution in [1.82, 2.24) is 9.88 Å². The smallest absolute Gasteiger partial charge is 0.0610 e. The van der Waals surface area contributed by atoms with Gasteiger partial charge in [-0.25, -0.2) is 0 Å². The molecule has 0 amide bonds. The molecule has 0 N–H and O–H groups in total. The lowest BCUT2D eigenvalue weighted by Crippen LogP contribution is -2.25. The van der Waals surface area contributed by atoms with E-state index in [0.717, 1.165) is 6.42 Å². The summed E-state index contributed by atoms with van der Waals surface area (Å²) >= 11 is 0. The summed E-state index contributed by atoms with van der Waals surface area (Å²) < 4.78 is 0.